The number of halogens is 2. The number of benzene rings is 1. The summed E-state index contributed by atoms with van der Waals surface area (Å²) in [4.78, 5) is 11.9. The van der Waals surface area contributed by atoms with E-state index in [-0.39, 0.29) is 12.0 Å². The summed E-state index contributed by atoms with van der Waals surface area (Å²) in [6.07, 6.45) is 1.49. The maximum atomic E-state index is 11.9. The Labute approximate surface area is 128 Å². The summed E-state index contributed by atoms with van der Waals surface area (Å²) < 4.78 is 11.0. The summed E-state index contributed by atoms with van der Waals surface area (Å²) in [5.74, 6) is 0.204. The van der Waals surface area contributed by atoms with Gasteiger partial charge in [-0.05, 0) is 31.9 Å². The molecule has 2 atom stereocenters. The second kappa shape index (κ2) is 7.16. The highest BCUT2D eigenvalue weighted by Crippen LogP contribution is 2.32. The Hall–Kier alpha value is -0.970. The molecule has 0 radical (unpaired) electrons. The van der Waals surface area contributed by atoms with E-state index in [1.165, 1.54) is 0 Å². The molecule has 1 N–H and O–H groups in total. The summed E-state index contributed by atoms with van der Waals surface area (Å²) in [6.45, 7) is 2.95. The van der Waals surface area contributed by atoms with Gasteiger partial charge >= 0.3 is 0 Å². The van der Waals surface area contributed by atoms with Crippen molar-refractivity contribution >= 4 is 29.1 Å². The van der Waals surface area contributed by atoms with Gasteiger partial charge < -0.3 is 14.8 Å². The lowest BCUT2D eigenvalue weighted by atomic mass is 10.2. The largest absolute Gasteiger partial charge is 0.479 e. The Bertz CT molecular complexity index is 475. The summed E-state index contributed by atoms with van der Waals surface area (Å²) >= 11 is 11.9. The molecule has 1 aromatic carbocycles. The standard InChI is InChI=1S/C14H17Cl2NO3/c1-9(14(18)17-8-10-4-3-7-19-10)20-12-6-2-5-11(15)13(12)16/h2,5-6,9-10H,3-4,7-8H2,1H3,(H,17,18)/t9-,10-/m1/s1. The van der Waals surface area contributed by atoms with Gasteiger partial charge in [0.2, 0.25) is 0 Å². The molecule has 1 aliphatic rings. The minimum Gasteiger partial charge on any atom is -0.479 e. The van der Waals surface area contributed by atoms with Crippen molar-refractivity contribution in [1.82, 2.24) is 5.32 Å². The molecule has 2 rings (SSSR count). The van der Waals surface area contributed by atoms with E-state index in [4.69, 9.17) is 32.7 Å². The Morgan fingerprint density at radius 2 is 2.35 bits per heavy atom. The number of hydrogen-bond donors (Lipinski definition) is 1. The van der Waals surface area contributed by atoms with E-state index >= 15 is 0 Å². The van der Waals surface area contributed by atoms with Gasteiger partial charge in [-0.15, -0.1) is 0 Å². The zero-order valence-corrected chi connectivity index (χ0v) is 12.7. The SMILES string of the molecule is C[C@@H](Oc1cccc(Cl)c1Cl)C(=O)NC[C@H]1CCCO1. The summed E-state index contributed by atoms with van der Waals surface area (Å²) in [6, 6.07) is 5.07. The molecule has 0 aliphatic carbocycles. The lowest BCUT2D eigenvalue weighted by molar-refractivity contribution is -0.127. The number of hydrogen-bond acceptors (Lipinski definition) is 3. The fraction of sp³-hybridized carbons (Fsp3) is 0.500. The van der Waals surface area contributed by atoms with Gasteiger partial charge in [0.1, 0.15) is 10.8 Å². The van der Waals surface area contributed by atoms with Crippen molar-refractivity contribution in [3.63, 3.8) is 0 Å². The van der Waals surface area contributed by atoms with Gasteiger partial charge in [0.15, 0.2) is 6.10 Å². The average Bonchev–Trinajstić information content (AvgIpc) is 2.94. The molecule has 20 heavy (non-hydrogen) atoms. The molecule has 0 unspecified atom stereocenters. The molecule has 110 valence electrons. The predicted molar refractivity (Wildman–Crippen MR) is 78.5 cm³/mol. The van der Waals surface area contributed by atoms with Crippen LogP contribution >= 0.6 is 23.2 Å². The number of carbonyl (C=O) groups is 1. The van der Waals surface area contributed by atoms with Crippen LogP contribution in [0.1, 0.15) is 19.8 Å². The monoisotopic (exact) mass is 317 g/mol. The zero-order chi connectivity index (χ0) is 14.5. The van der Waals surface area contributed by atoms with Gasteiger partial charge in [-0.1, -0.05) is 29.3 Å². The molecular formula is C14H17Cl2NO3. The van der Waals surface area contributed by atoms with E-state index in [0.717, 1.165) is 19.4 Å². The third-order valence-electron chi connectivity index (χ3n) is 3.12. The van der Waals surface area contributed by atoms with Crippen molar-refractivity contribution in [3.05, 3.63) is 28.2 Å². The van der Waals surface area contributed by atoms with Crippen LogP contribution in [0.15, 0.2) is 18.2 Å². The minimum absolute atomic E-state index is 0.112. The molecule has 1 aromatic rings. The predicted octanol–water partition coefficient (Wildman–Crippen LogP) is 3.06. The molecule has 6 heteroatoms. The van der Waals surface area contributed by atoms with Crippen LogP contribution in [0.2, 0.25) is 10.0 Å². The van der Waals surface area contributed by atoms with E-state index in [1.54, 1.807) is 25.1 Å². The van der Waals surface area contributed by atoms with Crippen molar-refractivity contribution in [2.45, 2.75) is 32.0 Å². The van der Waals surface area contributed by atoms with E-state index in [1.807, 2.05) is 0 Å². The Kier molecular flexibility index (Phi) is 5.52. The fourth-order valence-corrected chi connectivity index (χ4v) is 2.32. The quantitative estimate of drug-likeness (QED) is 0.908. The molecule has 1 amide bonds. The Morgan fingerprint density at radius 3 is 3.05 bits per heavy atom. The molecular weight excluding hydrogens is 301 g/mol. The van der Waals surface area contributed by atoms with Crippen molar-refractivity contribution in [2.24, 2.45) is 0 Å². The van der Waals surface area contributed by atoms with E-state index in [2.05, 4.69) is 5.32 Å². The lowest BCUT2D eigenvalue weighted by Gasteiger charge is -2.17. The van der Waals surface area contributed by atoms with Crippen molar-refractivity contribution < 1.29 is 14.3 Å². The normalized spacial score (nSPS) is 19.6. The van der Waals surface area contributed by atoms with Gasteiger partial charge in [0, 0.05) is 13.2 Å². The van der Waals surface area contributed by atoms with E-state index < -0.39 is 6.10 Å². The summed E-state index contributed by atoms with van der Waals surface area (Å²) in [7, 11) is 0. The van der Waals surface area contributed by atoms with Crippen LogP contribution in [-0.4, -0.2) is 31.3 Å². The molecule has 1 aliphatic heterocycles. The third-order valence-corrected chi connectivity index (χ3v) is 3.92. The van der Waals surface area contributed by atoms with Gasteiger partial charge in [-0.25, -0.2) is 0 Å². The Morgan fingerprint density at radius 1 is 1.55 bits per heavy atom. The molecule has 0 aromatic heterocycles. The second-order valence-electron chi connectivity index (χ2n) is 4.69. The molecule has 1 saturated heterocycles. The minimum atomic E-state index is -0.646. The number of amides is 1. The number of rotatable bonds is 5. The highest BCUT2D eigenvalue weighted by molar-refractivity contribution is 6.42. The van der Waals surface area contributed by atoms with Crippen LogP contribution in [0.25, 0.3) is 0 Å². The summed E-state index contributed by atoms with van der Waals surface area (Å²) in [5, 5.41) is 3.53. The lowest BCUT2D eigenvalue weighted by Crippen LogP contribution is -2.40. The first-order chi connectivity index (χ1) is 9.58. The highest BCUT2D eigenvalue weighted by atomic mass is 35.5. The van der Waals surface area contributed by atoms with Crippen LogP contribution in [0.4, 0.5) is 0 Å². The molecule has 0 saturated carbocycles. The van der Waals surface area contributed by atoms with Crippen LogP contribution in [0.3, 0.4) is 0 Å². The maximum absolute atomic E-state index is 11.9. The van der Waals surface area contributed by atoms with Crippen molar-refractivity contribution in [2.75, 3.05) is 13.2 Å². The molecule has 4 nitrogen and oxygen atoms in total. The van der Waals surface area contributed by atoms with Crippen LogP contribution in [0.5, 0.6) is 5.75 Å². The number of ether oxygens (including phenoxy) is 2. The van der Waals surface area contributed by atoms with Crippen molar-refractivity contribution in [1.29, 1.82) is 0 Å². The average molecular weight is 318 g/mol. The van der Waals surface area contributed by atoms with E-state index in [0.29, 0.717) is 22.3 Å². The maximum Gasteiger partial charge on any atom is 0.260 e. The first kappa shape index (κ1) is 15.4. The van der Waals surface area contributed by atoms with Crippen LogP contribution in [-0.2, 0) is 9.53 Å². The van der Waals surface area contributed by atoms with Gasteiger partial charge in [0.25, 0.3) is 5.91 Å². The molecule has 0 spiro atoms. The zero-order valence-electron chi connectivity index (χ0n) is 11.2. The topological polar surface area (TPSA) is 47.6 Å². The van der Waals surface area contributed by atoms with Crippen molar-refractivity contribution in [3.8, 4) is 5.75 Å². The Balaban J connectivity index is 1.85. The molecule has 1 heterocycles. The smallest absolute Gasteiger partial charge is 0.260 e. The number of carbonyl (C=O) groups excluding carboxylic acids is 1. The van der Waals surface area contributed by atoms with Gasteiger partial charge in [-0.2, -0.15) is 0 Å². The molecule has 1 fully saturated rings. The van der Waals surface area contributed by atoms with Gasteiger partial charge in [-0.3, -0.25) is 4.79 Å². The third kappa shape index (κ3) is 4.01. The van der Waals surface area contributed by atoms with Crippen LogP contribution < -0.4 is 10.1 Å². The van der Waals surface area contributed by atoms with E-state index in [9.17, 15) is 4.79 Å². The van der Waals surface area contributed by atoms with Crippen LogP contribution in [0, 0.1) is 0 Å². The summed E-state index contributed by atoms with van der Waals surface area (Å²) in [5.41, 5.74) is 0. The first-order valence-electron chi connectivity index (χ1n) is 6.58. The second-order valence-corrected chi connectivity index (χ2v) is 5.48. The highest BCUT2D eigenvalue weighted by Gasteiger charge is 2.20. The first-order valence-corrected chi connectivity index (χ1v) is 7.33. The number of nitrogens with one attached hydrogen (secondary N) is 1. The molecule has 0 bridgehead atoms. The fourth-order valence-electron chi connectivity index (χ4n) is 1.98. The van der Waals surface area contributed by atoms with Gasteiger partial charge in [0.05, 0.1) is 11.1 Å².